The Morgan fingerprint density at radius 1 is 0.929 bits per heavy atom. The van der Waals surface area contributed by atoms with E-state index < -0.39 is 0 Å². The van der Waals surface area contributed by atoms with Crippen molar-refractivity contribution in [3.63, 3.8) is 0 Å². The van der Waals surface area contributed by atoms with Crippen LogP contribution in [0.25, 0.3) is 0 Å². The molecule has 0 heterocycles. The predicted octanol–water partition coefficient (Wildman–Crippen LogP) is 5.05. The van der Waals surface area contributed by atoms with Crippen molar-refractivity contribution in [2.45, 2.75) is 65.7 Å². The largest absolute Gasteiger partial charge is 2.00 e. The van der Waals surface area contributed by atoms with Crippen LogP contribution in [0.1, 0.15) is 65.7 Å². The van der Waals surface area contributed by atoms with Crippen molar-refractivity contribution in [1.82, 2.24) is 0 Å². The molecule has 0 N–H and O–H groups in total. The van der Waals surface area contributed by atoms with Crippen LogP contribution in [0.2, 0.25) is 0 Å². The molecule has 0 radical (unpaired) electrons. The molecule has 0 aromatic heterocycles. The van der Waals surface area contributed by atoms with Gasteiger partial charge in [0.25, 0.3) is 0 Å². The van der Waals surface area contributed by atoms with Crippen LogP contribution in [0.5, 0.6) is 0 Å². The quantitative estimate of drug-likeness (QED) is 0.451. The maximum atomic E-state index is 4.10. The van der Waals surface area contributed by atoms with Crippen molar-refractivity contribution in [3.8, 4) is 0 Å². The first kappa shape index (κ1) is 20.3. The van der Waals surface area contributed by atoms with Gasteiger partial charge in [-0.25, -0.2) is 0 Å². The number of unbranched alkanes of at least 4 members (excludes halogenated alkanes) is 5. The standard InChI is InChI=1S/C12H25.CH3.Zr/c1-5-6-7-8-9-10-11-12(2,3)4;;/h2,5-11H2,1,3-4H3;1H3;/q2*-1;+2. The van der Waals surface area contributed by atoms with E-state index in [4.69, 9.17) is 0 Å². The maximum absolute atomic E-state index is 4.10. The zero-order valence-electron chi connectivity index (χ0n) is 10.7. The Hall–Kier alpha value is 0.883. The molecule has 0 spiro atoms. The molecule has 0 bridgehead atoms. The van der Waals surface area contributed by atoms with Gasteiger partial charge in [-0.05, 0) is 0 Å². The van der Waals surface area contributed by atoms with Crippen molar-refractivity contribution in [2.24, 2.45) is 5.41 Å². The molecule has 0 saturated heterocycles. The molecule has 0 aromatic carbocycles. The summed E-state index contributed by atoms with van der Waals surface area (Å²) in [6, 6.07) is 0. The average molecular weight is 276 g/mol. The van der Waals surface area contributed by atoms with Crippen molar-refractivity contribution in [3.05, 3.63) is 14.4 Å². The van der Waals surface area contributed by atoms with E-state index in [1.807, 2.05) is 0 Å². The Morgan fingerprint density at radius 2 is 1.36 bits per heavy atom. The first-order valence-corrected chi connectivity index (χ1v) is 5.41. The van der Waals surface area contributed by atoms with Gasteiger partial charge in [0.05, 0.1) is 0 Å². The topological polar surface area (TPSA) is 0 Å². The SMILES string of the molecule is [CH2-]C(C)(C)CCCCCCCC.[CH3-].[Zr+2]. The monoisotopic (exact) mass is 274 g/mol. The van der Waals surface area contributed by atoms with E-state index in [1.165, 1.54) is 44.9 Å². The van der Waals surface area contributed by atoms with Gasteiger partial charge >= 0.3 is 26.2 Å². The average Bonchev–Trinajstić information content (AvgIpc) is 1.94. The molecule has 0 aliphatic rings. The van der Waals surface area contributed by atoms with Crippen LogP contribution in [0.15, 0.2) is 0 Å². The molecule has 0 rings (SSSR count). The summed E-state index contributed by atoms with van der Waals surface area (Å²) in [6.45, 7) is 10.8. The second-order valence-corrected chi connectivity index (χ2v) is 4.68. The van der Waals surface area contributed by atoms with Crippen molar-refractivity contribution < 1.29 is 26.2 Å². The normalized spacial score (nSPS) is 10.3. The van der Waals surface area contributed by atoms with Crippen LogP contribution in [-0.4, -0.2) is 0 Å². The van der Waals surface area contributed by atoms with Crippen molar-refractivity contribution in [2.75, 3.05) is 0 Å². The van der Waals surface area contributed by atoms with Crippen LogP contribution < -0.4 is 0 Å². The predicted molar refractivity (Wildman–Crippen MR) is 63.5 cm³/mol. The van der Waals surface area contributed by atoms with Gasteiger partial charge in [0.15, 0.2) is 0 Å². The van der Waals surface area contributed by atoms with Crippen molar-refractivity contribution in [1.29, 1.82) is 0 Å². The van der Waals surface area contributed by atoms with Gasteiger partial charge in [0, 0.05) is 0 Å². The molecule has 1 heteroatoms. The molecule has 0 saturated carbocycles. The van der Waals surface area contributed by atoms with Crippen molar-refractivity contribution >= 4 is 0 Å². The molecule has 0 aromatic rings. The van der Waals surface area contributed by atoms with Gasteiger partial charge in [-0.3, -0.25) is 0 Å². The third-order valence-corrected chi connectivity index (χ3v) is 2.21. The van der Waals surface area contributed by atoms with Gasteiger partial charge in [0.1, 0.15) is 0 Å². The van der Waals surface area contributed by atoms with E-state index in [-0.39, 0.29) is 33.6 Å². The molecule has 14 heavy (non-hydrogen) atoms. The van der Waals surface area contributed by atoms with Gasteiger partial charge in [0.2, 0.25) is 0 Å². The van der Waals surface area contributed by atoms with E-state index in [1.54, 1.807) is 0 Å². The zero-order chi connectivity index (χ0) is 9.45. The zero-order valence-corrected chi connectivity index (χ0v) is 13.1. The fourth-order valence-electron chi connectivity index (χ4n) is 1.38. The van der Waals surface area contributed by atoms with Gasteiger partial charge in [-0.1, -0.05) is 65.7 Å². The molecule has 0 nitrogen and oxygen atoms in total. The Kier molecular flexibility index (Phi) is 17.3. The number of rotatable bonds is 7. The number of hydrogen-bond acceptors (Lipinski definition) is 0. The van der Waals surface area contributed by atoms with E-state index in [9.17, 15) is 0 Å². The third-order valence-electron chi connectivity index (χ3n) is 2.21. The fraction of sp³-hybridized carbons (Fsp3) is 0.846. The summed E-state index contributed by atoms with van der Waals surface area (Å²) in [5.41, 5.74) is 0.296. The summed E-state index contributed by atoms with van der Waals surface area (Å²) in [5.74, 6) is 0. The summed E-state index contributed by atoms with van der Waals surface area (Å²) in [6.07, 6.45) is 9.64. The third kappa shape index (κ3) is 18.6. The molecule has 0 amide bonds. The van der Waals surface area contributed by atoms with Gasteiger partial charge in [-0.2, -0.15) is 5.41 Å². The summed E-state index contributed by atoms with van der Waals surface area (Å²) >= 11 is 0. The second kappa shape index (κ2) is 12.0. The number of hydrogen-bond donors (Lipinski definition) is 0. The summed E-state index contributed by atoms with van der Waals surface area (Å²) < 4.78 is 0. The van der Waals surface area contributed by atoms with E-state index >= 15 is 0 Å². The molecule has 0 aliphatic heterocycles. The molecular formula is C13H28Zr. The van der Waals surface area contributed by atoms with Crippen LogP contribution in [0.3, 0.4) is 0 Å². The van der Waals surface area contributed by atoms with Crippen LogP contribution in [0.4, 0.5) is 0 Å². The van der Waals surface area contributed by atoms with E-state index in [0.717, 1.165) is 0 Å². The Balaban J connectivity index is -0.000000605. The molecule has 84 valence electrons. The molecular weight excluding hydrogens is 247 g/mol. The second-order valence-electron chi connectivity index (χ2n) is 4.68. The fourth-order valence-corrected chi connectivity index (χ4v) is 1.38. The summed E-state index contributed by atoms with van der Waals surface area (Å²) in [7, 11) is 0. The molecule has 0 fully saturated rings. The summed E-state index contributed by atoms with van der Waals surface area (Å²) in [4.78, 5) is 0. The Morgan fingerprint density at radius 3 is 1.79 bits per heavy atom. The smallest absolute Gasteiger partial charge is 0.358 e. The minimum atomic E-state index is 0. The minimum Gasteiger partial charge on any atom is -0.358 e. The Bertz CT molecular complexity index is 91.9. The first-order valence-electron chi connectivity index (χ1n) is 5.41. The van der Waals surface area contributed by atoms with Gasteiger partial charge in [-0.15, -0.1) is 0 Å². The van der Waals surface area contributed by atoms with Gasteiger partial charge < -0.3 is 14.4 Å². The van der Waals surface area contributed by atoms with E-state index in [0.29, 0.717) is 5.41 Å². The molecule has 0 atom stereocenters. The van der Waals surface area contributed by atoms with E-state index in [2.05, 4.69) is 27.7 Å². The summed E-state index contributed by atoms with van der Waals surface area (Å²) in [5, 5.41) is 0. The van der Waals surface area contributed by atoms with Crippen LogP contribution in [-0.2, 0) is 26.2 Å². The van der Waals surface area contributed by atoms with Crippen LogP contribution >= 0.6 is 0 Å². The minimum absolute atomic E-state index is 0. The first-order chi connectivity index (χ1) is 5.56. The maximum Gasteiger partial charge on any atom is 2.00 e. The molecule has 0 aliphatic carbocycles. The molecule has 0 unspecified atom stereocenters. The van der Waals surface area contributed by atoms with Crippen LogP contribution in [0, 0.1) is 19.8 Å². The Labute approximate surface area is 111 Å².